The maximum Gasteiger partial charge on any atom is 0.237 e. The molecule has 22 heavy (non-hydrogen) atoms. The fourth-order valence-electron chi connectivity index (χ4n) is 4.29. The molecular weight excluding hydrogens is 276 g/mol. The smallest absolute Gasteiger partial charge is 0.237 e. The maximum atomic E-state index is 12.7. The van der Waals surface area contributed by atoms with Crippen molar-refractivity contribution < 1.29 is 9.53 Å². The number of hydrogen-bond donors (Lipinski definition) is 2. The Kier molecular flexibility index (Phi) is 3.78. The quantitative estimate of drug-likeness (QED) is 0.882. The van der Waals surface area contributed by atoms with Crippen molar-refractivity contribution >= 4 is 5.91 Å². The van der Waals surface area contributed by atoms with Crippen LogP contribution in [0.3, 0.4) is 0 Å². The Morgan fingerprint density at radius 2 is 2.05 bits per heavy atom. The Hall–Kier alpha value is -1.55. The molecule has 0 aromatic heterocycles. The minimum absolute atomic E-state index is 0.0110. The Labute approximate surface area is 131 Å². The number of carbonyl (C=O) groups excluding carboxylic acids is 1. The second-order valence-corrected chi connectivity index (χ2v) is 6.84. The van der Waals surface area contributed by atoms with Gasteiger partial charge in [0.05, 0.1) is 18.7 Å². The average molecular weight is 300 g/mol. The van der Waals surface area contributed by atoms with Crippen LogP contribution in [-0.2, 0) is 4.79 Å². The molecular formula is C18H24N2O2. The first-order valence-corrected chi connectivity index (χ1v) is 8.59. The predicted molar refractivity (Wildman–Crippen MR) is 84.7 cm³/mol. The summed E-state index contributed by atoms with van der Waals surface area (Å²) in [5.41, 5.74) is 1.11. The molecule has 4 unspecified atom stereocenters. The topological polar surface area (TPSA) is 50.4 Å². The number of para-hydroxylation sites is 1. The number of carbonyl (C=O) groups is 1. The van der Waals surface area contributed by atoms with Crippen LogP contribution < -0.4 is 15.4 Å². The van der Waals surface area contributed by atoms with Crippen LogP contribution in [0.2, 0.25) is 0 Å². The Morgan fingerprint density at radius 3 is 2.95 bits per heavy atom. The minimum Gasteiger partial charge on any atom is -0.493 e. The maximum absolute atomic E-state index is 12.7. The van der Waals surface area contributed by atoms with Crippen LogP contribution in [0.1, 0.15) is 50.1 Å². The number of benzene rings is 1. The number of ether oxygens (including phenoxy) is 1. The van der Waals surface area contributed by atoms with Crippen molar-refractivity contribution in [3.05, 3.63) is 29.8 Å². The standard InChI is InChI=1S/C18H24N2O2/c21-18(16-11-12-5-1-3-7-14(12)19-16)20-15-9-10-22-17-8-4-2-6-13(15)17/h2,4,6,8,12,14-16,19H,1,3,5,7,9-11H2,(H,20,21). The summed E-state index contributed by atoms with van der Waals surface area (Å²) < 4.78 is 5.67. The van der Waals surface area contributed by atoms with E-state index < -0.39 is 0 Å². The largest absolute Gasteiger partial charge is 0.493 e. The molecule has 0 radical (unpaired) electrons. The van der Waals surface area contributed by atoms with E-state index in [-0.39, 0.29) is 18.0 Å². The molecule has 118 valence electrons. The van der Waals surface area contributed by atoms with Gasteiger partial charge in [-0.15, -0.1) is 0 Å². The zero-order valence-electron chi connectivity index (χ0n) is 12.9. The van der Waals surface area contributed by atoms with Crippen LogP contribution in [0.15, 0.2) is 24.3 Å². The molecule has 1 aliphatic carbocycles. The number of nitrogens with one attached hydrogen (secondary N) is 2. The first kappa shape index (κ1) is 14.1. The van der Waals surface area contributed by atoms with Crippen LogP contribution in [0, 0.1) is 5.92 Å². The second-order valence-electron chi connectivity index (χ2n) is 6.84. The van der Waals surface area contributed by atoms with E-state index in [9.17, 15) is 4.79 Å². The van der Waals surface area contributed by atoms with Crippen molar-refractivity contribution in [1.29, 1.82) is 0 Å². The van der Waals surface area contributed by atoms with E-state index in [0.29, 0.717) is 18.6 Å². The van der Waals surface area contributed by atoms with Gasteiger partial charge in [-0.1, -0.05) is 31.0 Å². The van der Waals surface area contributed by atoms with E-state index in [1.807, 2.05) is 18.2 Å². The lowest BCUT2D eigenvalue weighted by Crippen LogP contribution is -2.45. The highest BCUT2D eigenvalue weighted by Gasteiger charge is 2.39. The number of amides is 1. The number of hydrogen-bond acceptors (Lipinski definition) is 3. The monoisotopic (exact) mass is 300 g/mol. The summed E-state index contributed by atoms with van der Waals surface area (Å²) in [4.78, 5) is 12.7. The third-order valence-electron chi connectivity index (χ3n) is 5.45. The van der Waals surface area contributed by atoms with Crippen LogP contribution >= 0.6 is 0 Å². The summed E-state index contributed by atoms with van der Waals surface area (Å²) in [7, 11) is 0. The van der Waals surface area contributed by atoms with Crippen molar-refractivity contribution in [2.24, 2.45) is 5.92 Å². The lowest BCUT2D eigenvalue weighted by molar-refractivity contribution is -0.123. The SMILES string of the molecule is O=C(NC1CCOc2ccccc21)C1CC2CCCCC2N1. The van der Waals surface area contributed by atoms with Gasteiger partial charge in [0.2, 0.25) is 5.91 Å². The fraction of sp³-hybridized carbons (Fsp3) is 0.611. The Bertz CT molecular complexity index is 546. The van der Waals surface area contributed by atoms with E-state index in [2.05, 4.69) is 16.7 Å². The van der Waals surface area contributed by atoms with Crippen LogP contribution in [-0.4, -0.2) is 24.6 Å². The highest BCUT2D eigenvalue weighted by molar-refractivity contribution is 5.82. The molecule has 4 rings (SSSR count). The fourth-order valence-corrected chi connectivity index (χ4v) is 4.29. The minimum atomic E-state index is -0.0110. The van der Waals surface area contributed by atoms with Gasteiger partial charge in [-0.2, -0.15) is 0 Å². The summed E-state index contributed by atoms with van der Waals surface area (Å²) in [6.45, 7) is 0.672. The predicted octanol–water partition coefficient (Wildman–Crippen LogP) is 2.55. The van der Waals surface area contributed by atoms with E-state index in [1.54, 1.807) is 0 Å². The first-order chi connectivity index (χ1) is 10.8. The molecule has 4 atom stereocenters. The van der Waals surface area contributed by atoms with Crippen molar-refractivity contribution in [2.75, 3.05) is 6.61 Å². The lowest BCUT2D eigenvalue weighted by Gasteiger charge is -2.27. The highest BCUT2D eigenvalue weighted by Crippen LogP contribution is 2.35. The van der Waals surface area contributed by atoms with Crippen molar-refractivity contribution in [2.45, 2.75) is 56.7 Å². The van der Waals surface area contributed by atoms with Gasteiger partial charge in [-0.3, -0.25) is 4.79 Å². The Balaban J connectivity index is 1.43. The van der Waals surface area contributed by atoms with Gasteiger partial charge in [-0.05, 0) is 31.2 Å². The van der Waals surface area contributed by atoms with Crippen molar-refractivity contribution in [3.8, 4) is 5.75 Å². The summed E-state index contributed by atoms with van der Waals surface area (Å²) >= 11 is 0. The first-order valence-electron chi connectivity index (χ1n) is 8.59. The van der Waals surface area contributed by atoms with Gasteiger partial charge in [0.15, 0.2) is 0 Å². The Morgan fingerprint density at radius 1 is 1.18 bits per heavy atom. The second kappa shape index (κ2) is 5.92. The summed E-state index contributed by atoms with van der Waals surface area (Å²) in [5, 5.41) is 6.81. The van der Waals surface area contributed by atoms with Gasteiger partial charge in [0, 0.05) is 18.0 Å². The summed E-state index contributed by atoms with van der Waals surface area (Å²) in [5.74, 6) is 1.77. The normalized spacial score (nSPS) is 33.5. The molecule has 1 aromatic rings. The molecule has 2 heterocycles. The lowest BCUT2D eigenvalue weighted by atomic mass is 9.85. The van der Waals surface area contributed by atoms with Gasteiger partial charge >= 0.3 is 0 Å². The molecule has 1 aromatic carbocycles. The molecule has 4 heteroatoms. The molecule has 0 spiro atoms. The van der Waals surface area contributed by atoms with Crippen LogP contribution in [0.5, 0.6) is 5.75 Å². The number of rotatable bonds is 2. The molecule has 2 N–H and O–H groups in total. The van der Waals surface area contributed by atoms with Crippen LogP contribution in [0.25, 0.3) is 0 Å². The third-order valence-corrected chi connectivity index (χ3v) is 5.45. The van der Waals surface area contributed by atoms with Crippen molar-refractivity contribution in [3.63, 3.8) is 0 Å². The molecule has 1 saturated heterocycles. The number of fused-ring (bicyclic) bond motifs is 2. The van der Waals surface area contributed by atoms with E-state index in [0.717, 1.165) is 24.2 Å². The molecule has 1 saturated carbocycles. The summed E-state index contributed by atoms with van der Waals surface area (Å²) in [6, 6.07) is 8.66. The molecule has 0 bridgehead atoms. The average Bonchev–Trinajstić information content (AvgIpc) is 2.99. The van der Waals surface area contributed by atoms with Gasteiger partial charge < -0.3 is 15.4 Å². The van der Waals surface area contributed by atoms with Gasteiger partial charge in [-0.25, -0.2) is 0 Å². The molecule has 3 aliphatic rings. The molecule has 2 aliphatic heterocycles. The van der Waals surface area contributed by atoms with E-state index in [4.69, 9.17) is 4.74 Å². The van der Waals surface area contributed by atoms with Gasteiger partial charge in [0.25, 0.3) is 0 Å². The third kappa shape index (κ3) is 2.60. The zero-order chi connectivity index (χ0) is 14.9. The highest BCUT2D eigenvalue weighted by atomic mass is 16.5. The van der Waals surface area contributed by atoms with Crippen LogP contribution in [0.4, 0.5) is 0 Å². The molecule has 4 nitrogen and oxygen atoms in total. The molecule has 2 fully saturated rings. The zero-order valence-corrected chi connectivity index (χ0v) is 12.9. The van der Waals surface area contributed by atoms with Gasteiger partial charge in [0.1, 0.15) is 5.75 Å². The summed E-state index contributed by atoms with van der Waals surface area (Å²) in [6.07, 6.45) is 6.99. The van der Waals surface area contributed by atoms with Crippen molar-refractivity contribution in [1.82, 2.24) is 10.6 Å². The van der Waals surface area contributed by atoms with E-state index in [1.165, 1.54) is 25.7 Å². The molecule has 1 amide bonds. The van der Waals surface area contributed by atoms with E-state index >= 15 is 0 Å².